The number of rotatable bonds is 4. The number of halogens is 1. The predicted octanol–water partition coefficient (Wildman–Crippen LogP) is 2.76. The van der Waals surface area contributed by atoms with Gasteiger partial charge in [-0.25, -0.2) is 9.97 Å². The molecule has 0 aromatic carbocycles. The maximum atomic E-state index is 6.39. The van der Waals surface area contributed by atoms with Crippen LogP contribution in [0.1, 0.15) is 50.9 Å². The first-order chi connectivity index (χ1) is 10.4. The van der Waals surface area contributed by atoms with Crippen molar-refractivity contribution in [3.05, 3.63) is 16.5 Å². The van der Waals surface area contributed by atoms with Gasteiger partial charge in [0.2, 0.25) is 11.7 Å². The van der Waals surface area contributed by atoms with E-state index in [9.17, 15) is 0 Å². The Bertz CT molecular complexity index is 553. The van der Waals surface area contributed by atoms with E-state index in [-0.39, 0.29) is 11.8 Å². The van der Waals surface area contributed by atoms with Gasteiger partial charge in [-0.1, -0.05) is 37.5 Å². The van der Waals surface area contributed by atoms with Crippen LogP contribution >= 0.6 is 11.6 Å². The predicted molar refractivity (Wildman–Crippen MR) is 89.5 cm³/mol. The van der Waals surface area contributed by atoms with Gasteiger partial charge >= 0.3 is 0 Å². The van der Waals surface area contributed by atoms with E-state index < -0.39 is 0 Å². The van der Waals surface area contributed by atoms with Crippen LogP contribution in [0.15, 0.2) is 5.16 Å². The van der Waals surface area contributed by atoms with Gasteiger partial charge in [-0.3, -0.25) is 0 Å². The summed E-state index contributed by atoms with van der Waals surface area (Å²) in [5.74, 6) is 2.29. The van der Waals surface area contributed by atoms with Crippen molar-refractivity contribution in [2.24, 2.45) is 16.8 Å². The van der Waals surface area contributed by atoms with Crippen LogP contribution in [0.25, 0.3) is 0 Å². The van der Waals surface area contributed by atoms with Gasteiger partial charge in [-0.2, -0.15) is 0 Å². The topological polar surface area (TPSA) is 76.6 Å². The zero-order valence-corrected chi connectivity index (χ0v) is 14.4. The molecule has 0 atom stereocenters. The Morgan fingerprint density at radius 2 is 2.00 bits per heavy atom. The van der Waals surface area contributed by atoms with Crippen molar-refractivity contribution in [2.75, 3.05) is 25.1 Å². The Morgan fingerprint density at radius 1 is 1.36 bits per heavy atom. The van der Waals surface area contributed by atoms with E-state index in [4.69, 9.17) is 22.2 Å². The smallest absolute Gasteiger partial charge is 0.208 e. The van der Waals surface area contributed by atoms with E-state index >= 15 is 0 Å². The number of aromatic nitrogens is 2. The molecule has 0 amide bonds. The molecule has 1 aliphatic rings. The molecule has 2 heterocycles. The lowest BCUT2D eigenvalue weighted by molar-refractivity contribution is 0.213. The summed E-state index contributed by atoms with van der Waals surface area (Å²) in [6, 6.07) is 0. The van der Waals surface area contributed by atoms with Crippen LogP contribution in [0.5, 0.6) is 0 Å². The minimum atomic E-state index is 0.131. The Hall–Kier alpha value is -1.56. The Morgan fingerprint density at radius 3 is 2.55 bits per heavy atom. The van der Waals surface area contributed by atoms with Crippen LogP contribution in [0.4, 0.5) is 5.82 Å². The van der Waals surface area contributed by atoms with Crippen molar-refractivity contribution in [2.45, 2.75) is 39.5 Å². The molecule has 1 aromatic rings. The van der Waals surface area contributed by atoms with Gasteiger partial charge in [0.1, 0.15) is 18.1 Å². The second-order valence-electron chi connectivity index (χ2n) is 6.06. The average molecular weight is 326 g/mol. The van der Waals surface area contributed by atoms with Gasteiger partial charge in [0.05, 0.1) is 0 Å². The fraction of sp³-hybridized carbons (Fsp3) is 0.667. The molecule has 0 bridgehead atoms. The number of amidine groups is 1. The number of oxime groups is 1. The largest absolute Gasteiger partial charge is 0.397 e. The first-order valence-corrected chi connectivity index (χ1v) is 8.01. The number of nitrogens with zero attached hydrogens (tertiary/aromatic N) is 4. The van der Waals surface area contributed by atoms with E-state index in [0.717, 1.165) is 43.2 Å². The standard InChI is InChI=1S/C15H24ClN5O/c1-9(2)11-12(16)18-14(13(17)20-22-4)19-15(11)21-7-5-10(3)6-8-21/h9-10H,5-8H2,1-4H3,(H2,17,20). The number of hydrogen-bond donors (Lipinski definition) is 1. The highest BCUT2D eigenvalue weighted by Gasteiger charge is 2.24. The van der Waals surface area contributed by atoms with Gasteiger partial charge in [-0.05, 0) is 24.7 Å². The van der Waals surface area contributed by atoms with Crippen molar-refractivity contribution in [3.8, 4) is 0 Å². The molecule has 0 spiro atoms. The second kappa shape index (κ2) is 7.13. The molecule has 1 saturated heterocycles. The molecule has 1 aromatic heterocycles. The van der Waals surface area contributed by atoms with E-state index in [1.807, 2.05) is 0 Å². The molecule has 0 aliphatic carbocycles. The van der Waals surface area contributed by atoms with Crippen LogP contribution in [0.3, 0.4) is 0 Å². The molecule has 6 nitrogen and oxygen atoms in total. The summed E-state index contributed by atoms with van der Waals surface area (Å²) in [6.45, 7) is 8.39. The Kier molecular flexibility index (Phi) is 5.45. The van der Waals surface area contributed by atoms with Gasteiger partial charge < -0.3 is 15.5 Å². The third-order valence-corrected chi connectivity index (χ3v) is 4.25. The number of nitrogens with two attached hydrogens (primary N) is 1. The average Bonchev–Trinajstić information content (AvgIpc) is 2.47. The van der Waals surface area contributed by atoms with E-state index in [1.54, 1.807) is 0 Å². The molecule has 7 heteroatoms. The van der Waals surface area contributed by atoms with Crippen LogP contribution in [-0.4, -0.2) is 36.0 Å². The number of piperidine rings is 1. The molecule has 0 unspecified atom stereocenters. The molecule has 1 fully saturated rings. The zero-order valence-electron chi connectivity index (χ0n) is 13.6. The molecule has 2 N–H and O–H groups in total. The third kappa shape index (κ3) is 3.61. The summed E-state index contributed by atoms with van der Waals surface area (Å²) in [5.41, 5.74) is 6.81. The van der Waals surface area contributed by atoms with Crippen LogP contribution in [-0.2, 0) is 4.84 Å². The SMILES string of the molecule is CO/N=C(/N)c1nc(Cl)c(C(C)C)c(N2CCC(C)CC2)n1. The maximum Gasteiger partial charge on any atom is 0.208 e. The third-order valence-electron chi connectivity index (χ3n) is 3.96. The van der Waals surface area contributed by atoms with E-state index in [1.165, 1.54) is 7.11 Å². The highest BCUT2D eigenvalue weighted by molar-refractivity contribution is 6.30. The van der Waals surface area contributed by atoms with Crippen molar-refractivity contribution < 1.29 is 4.84 Å². The first-order valence-electron chi connectivity index (χ1n) is 7.63. The first kappa shape index (κ1) is 16.8. The summed E-state index contributed by atoms with van der Waals surface area (Å²) >= 11 is 6.39. The summed E-state index contributed by atoms with van der Waals surface area (Å²) < 4.78 is 0. The fourth-order valence-electron chi connectivity index (χ4n) is 2.64. The molecular weight excluding hydrogens is 302 g/mol. The minimum absolute atomic E-state index is 0.131. The Balaban J connectivity index is 2.46. The Labute approximate surface area is 136 Å². The van der Waals surface area contributed by atoms with Crippen LogP contribution < -0.4 is 10.6 Å². The van der Waals surface area contributed by atoms with Crippen molar-refractivity contribution >= 4 is 23.3 Å². The quantitative estimate of drug-likeness (QED) is 0.398. The summed E-state index contributed by atoms with van der Waals surface area (Å²) in [4.78, 5) is 15.9. The molecule has 1 aliphatic heterocycles. The van der Waals surface area contributed by atoms with Crippen LogP contribution in [0, 0.1) is 5.92 Å². The number of hydrogen-bond acceptors (Lipinski definition) is 5. The lowest BCUT2D eigenvalue weighted by atomic mass is 9.98. The second-order valence-corrected chi connectivity index (χ2v) is 6.42. The summed E-state index contributed by atoms with van der Waals surface area (Å²) in [5, 5.41) is 4.13. The summed E-state index contributed by atoms with van der Waals surface area (Å²) in [7, 11) is 1.43. The minimum Gasteiger partial charge on any atom is -0.397 e. The highest BCUT2D eigenvalue weighted by atomic mass is 35.5. The maximum absolute atomic E-state index is 6.39. The van der Waals surface area contributed by atoms with Crippen LogP contribution in [0.2, 0.25) is 5.15 Å². The molecule has 122 valence electrons. The van der Waals surface area contributed by atoms with Gasteiger partial charge in [0, 0.05) is 18.7 Å². The molecule has 22 heavy (non-hydrogen) atoms. The molecule has 2 rings (SSSR count). The van der Waals surface area contributed by atoms with Crippen molar-refractivity contribution in [3.63, 3.8) is 0 Å². The van der Waals surface area contributed by atoms with Gasteiger partial charge in [0.25, 0.3) is 0 Å². The fourth-order valence-corrected chi connectivity index (χ4v) is 3.03. The lowest BCUT2D eigenvalue weighted by Crippen LogP contribution is -2.35. The van der Waals surface area contributed by atoms with Crippen molar-refractivity contribution in [1.29, 1.82) is 0 Å². The van der Waals surface area contributed by atoms with Gasteiger partial charge in [-0.15, -0.1) is 0 Å². The van der Waals surface area contributed by atoms with Crippen molar-refractivity contribution in [1.82, 2.24) is 9.97 Å². The molecule has 0 radical (unpaired) electrons. The number of anilines is 1. The molecule has 0 saturated carbocycles. The normalized spacial score (nSPS) is 17.2. The zero-order chi connectivity index (χ0) is 16.3. The van der Waals surface area contributed by atoms with E-state index in [2.05, 4.69) is 40.8 Å². The highest BCUT2D eigenvalue weighted by Crippen LogP contribution is 2.33. The van der Waals surface area contributed by atoms with Gasteiger partial charge in [0.15, 0.2) is 0 Å². The monoisotopic (exact) mass is 325 g/mol. The lowest BCUT2D eigenvalue weighted by Gasteiger charge is -2.33. The summed E-state index contributed by atoms with van der Waals surface area (Å²) in [6.07, 6.45) is 2.30. The molecular formula is C15H24ClN5O. The van der Waals surface area contributed by atoms with E-state index in [0.29, 0.717) is 11.0 Å².